The summed E-state index contributed by atoms with van der Waals surface area (Å²) in [6.07, 6.45) is 0. The van der Waals surface area contributed by atoms with E-state index in [0.717, 1.165) is 11.6 Å². The summed E-state index contributed by atoms with van der Waals surface area (Å²) < 4.78 is 0. The fourth-order valence-electron chi connectivity index (χ4n) is 2.67. The second kappa shape index (κ2) is 10.5. The van der Waals surface area contributed by atoms with E-state index in [9.17, 15) is 24.5 Å². The number of nitrogens with one attached hydrogen (secondary N) is 2. The molecule has 2 aromatic rings. The molecule has 2 aromatic carbocycles. The second-order valence-corrected chi connectivity index (χ2v) is 7.55. The fraction of sp³-hybridized carbons (Fsp3) is 0.286. The zero-order valence-electron chi connectivity index (χ0n) is 17.3. The first-order chi connectivity index (χ1) is 14.6. The van der Waals surface area contributed by atoms with E-state index in [1.807, 2.05) is 19.1 Å². The van der Waals surface area contributed by atoms with Crippen LogP contribution >= 0.6 is 11.6 Å². The molecule has 0 saturated heterocycles. The SMILES string of the molecule is Cc1ccc(NC(=O)CNC(=O)CN(C(=O)c2ccc(Cl)c([N+](=O)[O-])c2)C(C)C)cc1. The molecule has 0 unspecified atom stereocenters. The van der Waals surface area contributed by atoms with E-state index in [1.165, 1.54) is 17.0 Å². The van der Waals surface area contributed by atoms with Crippen LogP contribution in [-0.4, -0.2) is 46.7 Å². The molecule has 0 saturated carbocycles. The van der Waals surface area contributed by atoms with Crippen LogP contribution in [0.15, 0.2) is 42.5 Å². The zero-order chi connectivity index (χ0) is 23.1. The fourth-order valence-corrected chi connectivity index (χ4v) is 2.86. The van der Waals surface area contributed by atoms with E-state index >= 15 is 0 Å². The van der Waals surface area contributed by atoms with Gasteiger partial charge in [-0.3, -0.25) is 24.5 Å². The summed E-state index contributed by atoms with van der Waals surface area (Å²) in [4.78, 5) is 48.8. The minimum atomic E-state index is -0.682. The van der Waals surface area contributed by atoms with Gasteiger partial charge in [-0.1, -0.05) is 29.3 Å². The summed E-state index contributed by atoms with van der Waals surface area (Å²) in [7, 11) is 0. The number of amides is 3. The van der Waals surface area contributed by atoms with Gasteiger partial charge in [-0.05, 0) is 45.0 Å². The number of rotatable bonds is 8. The first-order valence-corrected chi connectivity index (χ1v) is 9.84. The van der Waals surface area contributed by atoms with Gasteiger partial charge in [0.2, 0.25) is 11.8 Å². The maximum atomic E-state index is 12.8. The van der Waals surface area contributed by atoms with Crippen molar-refractivity contribution >= 4 is 40.7 Å². The van der Waals surface area contributed by atoms with Crippen LogP contribution in [-0.2, 0) is 9.59 Å². The van der Waals surface area contributed by atoms with Crippen molar-refractivity contribution in [2.24, 2.45) is 0 Å². The third kappa shape index (κ3) is 6.78. The highest BCUT2D eigenvalue weighted by molar-refractivity contribution is 6.32. The number of carbonyl (C=O) groups excluding carboxylic acids is 3. The lowest BCUT2D eigenvalue weighted by molar-refractivity contribution is -0.384. The van der Waals surface area contributed by atoms with Crippen LogP contribution in [0, 0.1) is 17.0 Å². The lowest BCUT2D eigenvalue weighted by Gasteiger charge is -2.26. The van der Waals surface area contributed by atoms with Crippen molar-refractivity contribution < 1.29 is 19.3 Å². The molecule has 2 N–H and O–H groups in total. The largest absolute Gasteiger partial charge is 0.345 e. The molecule has 3 amide bonds. The molecule has 0 heterocycles. The Morgan fingerprint density at radius 3 is 2.32 bits per heavy atom. The lowest BCUT2D eigenvalue weighted by atomic mass is 10.1. The highest BCUT2D eigenvalue weighted by Gasteiger charge is 2.24. The monoisotopic (exact) mass is 446 g/mol. The van der Waals surface area contributed by atoms with E-state index in [-0.39, 0.29) is 29.7 Å². The Bertz CT molecular complexity index is 992. The Balaban J connectivity index is 1.99. The smallest absolute Gasteiger partial charge is 0.288 e. The van der Waals surface area contributed by atoms with Gasteiger partial charge in [0, 0.05) is 23.4 Å². The maximum Gasteiger partial charge on any atom is 0.288 e. The van der Waals surface area contributed by atoms with E-state index in [0.29, 0.717) is 5.69 Å². The predicted molar refractivity (Wildman–Crippen MR) is 117 cm³/mol. The molecule has 9 nitrogen and oxygen atoms in total. The van der Waals surface area contributed by atoms with Crippen LogP contribution in [0.3, 0.4) is 0 Å². The van der Waals surface area contributed by atoms with Crippen LogP contribution in [0.2, 0.25) is 5.02 Å². The van der Waals surface area contributed by atoms with Crippen LogP contribution in [0.1, 0.15) is 29.8 Å². The number of hydrogen-bond donors (Lipinski definition) is 2. The quantitative estimate of drug-likeness (QED) is 0.476. The zero-order valence-corrected chi connectivity index (χ0v) is 18.1. The summed E-state index contributed by atoms with van der Waals surface area (Å²) in [6, 6.07) is 10.5. The number of carbonyl (C=O) groups is 3. The van der Waals surface area contributed by atoms with Crippen LogP contribution in [0.4, 0.5) is 11.4 Å². The van der Waals surface area contributed by atoms with E-state index in [4.69, 9.17) is 11.6 Å². The third-order valence-electron chi connectivity index (χ3n) is 4.37. The van der Waals surface area contributed by atoms with Crippen molar-refractivity contribution in [1.82, 2.24) is 10.2 Å². The number of nitro benzene ring substituents is 1. The van der Waals surface area contributed by atoms with Crippen molar-refractivity contribution in [2.45, 2.75) is 26.8 Å². The van der Waals surface area contributed by atoms with E-state index < -0.39 is 28.3 Å². The number of hydrogen-bond acceptors (Lipinski definition) is 5. The molecule has 0 atom stereocenters. The summed E-state index contributed by atoms with van der Waals surface area (Å²) in [6.45, 7) is 4.76. The number of aryl methyl sites for hydroxylation is 1. The second-order valence-electron chi connectivity index (χ2n) is 7.14. The molecule has 31 heavy (non-hydrogen) atoms. The predicted octanol–water partition coefficient (Wildman–Crippen LogP) is 3.16. The Labute approximate surface area is 184 Å². The van der Waals surface area contributed by atoms with Gasteiger partial charge in [-0.15, -0.1) is 0 Å². The normalized spacial score (nSPS) is 10.5. The van der Waals surface area contributed by atoms with Gasteiger partial charge in [-0.2, -0.15) is 0 Å². The average Bonchev–Trinajstić information content (AvgIpc) is 2.71. The van der Waals surface area contributed by atoms with Crippen LogP contribution in [0.5, 0.6) is 0 Å². The topological polar surface area (TPSA) is 122 Å². The van der Waals surface area contributed by atoms with Gasteiger partial charge in [0.05, 0.1) is 11.5 Å². The van der Waals surface area contributed by atoms with Crippen LogP contribution < -0.4 is 10.6 Å². The molecule has 0 aliphatic rings. The Morgan fingerprint density at radius 1 is 1.10 bits per heavy atom. The van der Waals surface area contributed by atoms with Gasteiger partial charge in [0.1, 0.15) is 11.6 Å². The highest BCUT2D eigenvalue weighted by Crippen LogP contribution is 2.26. The number of anilines is 1. The average molecular weight is 447 g/mol. The lowest BCUT2D eigenvalue weighted by Crippen LogP contribution is -2.45. The summed E-state index contributed by atoms with van der Waals surface area (Å²) in [5, 5.41) is 16.1. The van der Waals surface area contributed by atoms with Crippen molar-refractivity contribution in [3.63, 3.8) is 0 Å². The van der Waals surface area contributed by atoms with Gasteiger partial charge in [0.15, 0.2) is 0 Å². The first-order valence-electron chi connectivity index (χ1n) is 9.46. The number of benzene rings is 2. The number of nitro groups is 1. The van der Waals surface area contributed by atoms with Crippen LogP contribution in [0.25, 0.3) is 0 Å². The highest BCUT2D eigenvalue weighted by atomic mass is 35.5. The Morgan fingerprint density at radius 2 is 1.74 bits per heavy atom. The molecule has 164 valence electrons. The van der Waals surface area contributed by atoms with Crippen molar-refractivity contribution in [2.75, 3.05) is 18.4 Å². The molecule has 0 spiro atoms. The minimum absolute atomic E-state index is 0.0368. The van der Waals surface area contributed by atoms with Gasteiger partial charge < -0.3 is 15.5 Å². The number of nitrogens with zero attached hydrogens (tertiary/aromatic N) is 2. The summed E-state index contributed by atoms with van der Waals surface area (Å²) in [5.41, 5.74) is 1.30. The molecule has 0 aliphatic carbocycles. The van der Waals surface area contributed by atoms with E-state index in [1.54, 1.807) is 26.0 Å². The Kier molecular flexibility index (Phi) is 8.09. The molecule has 0 bridgehead atoms. The number of halogens is 1. The maximum absolute atomic E-state index is 12.8. The molecule has 0 fully saturated rings. The van der Waals surface area contributed by atoms with Crippen molar-refractivity contribution in [3.8, 4) is 0 Å². The molecule has 0 aliphatic heterocycles. The van der Waals surface area contributed by atoms with Crippen molar-refractivity contribution in [1.29, 1.82) is 0 Å². The van der Waals surface area contributed by atoms with E-state index in [2.05, 4.69) is 10.6 Å². The molecule has 0 aromatic heterocycles. The Hall–Kier alpha value is -3.46. The van der Waals surface area contributed by atoms with Crippen molar-refractivity contribution in [3.05, 3.63) is 68.7 Å². The first kappa shape index (κ1) is 23.8. The van der Waals surface area contributed by atoms with Gasteiger partial charge in [-0.25, -0.2) is 0 Å². The molecule has 10 heteroatoms. The standard InChI is InChI=1S/C21H23ClN4O5/c1-13(2)25(21(29)15-6-9-17(22)18(10-15)26(30)31)12-20(28)23-11-19(27)24-16-7-4-14(3)5-8-16/h4-10,13H,11-12H2,1-3H3,(H,23,28)(H,24,27). The van der Waals surface area contributed by atoms with Gasteiger partial charge >= 0.3 is 0 Å². The molecular weight excluding hydrogens is 424 g/mol. The molecule has 0 radical (unpaired) electrons. The molecule has 2 rings (SSSR count). The van der Waals surface area contributed by atoms with Gasteiger partial charge in [0.25, 0.3) is 11.6 Å². The third-order valence-corrected chi connectivity index (χ3v) is 4.69. The molecular formula is C21H23ClN4O5. The minimum Gasteiger partial charge on any atom is -0.345 e. The summed E-state index contributed by atoms with van der Waals surface area (Å²) in [5.74, 6) is -1.51. The summed E-state index contributed by atoms with van der Waals surface area (Å²) >= 11 is 5.79.